The van der Waals surface area contributed by atoms with Gasteiger partial charge in [-0.3, -0.25) is 4.79 Å². The number of halogens is 4. The smallest absolute Gasteiger partial charge is 0.373 e. The van der Waals surface area contributed by atoms with E-state index in [0.29, 0.717) is 6.07 Å². The number of nitrogens with two attached hydrogens (primary N) is 1. The van der Waals surface area contributed by atoms with E-state index in [0.717, 1.165) is 12.1 Å². The van der Waals surface area contributed by atoms with Gasteiger partial charge in [-0.15, -0.1) is 0 Å². The molecule has 1 saturated heterocycles. The Balaban J connectivity index is 2.26. The molecule has 0 spiro atoms. The molecule has 1 aromatic rings. The number of rotatable bonds is 2. The normalized spacial score (nSPS) is 20.8. The minimum absolute atomic E-state index is 0.117. The molecule has 1 fully saturated rings. The highest BCUT2D eigenvalue weighted by Gasteiger charge is 2.37. The Kier molecular flexibility index (Phi) is 4.72. The van der Waals surface area contributed by atoms with E-state index < -0.39 is 35.1 Å². The molecule has 0 unspecified atom stereocenters. The molecule has 0 aromatic heterocycles. The molecule has 1 heterocycles. The van der Waals surface area contributed by atoms with Crippen LogP contribution < -0.4 is 5.73 Å². The molecule has 4 nitrogen and oxygen atoms in total. The second kappa shape index (κ2) is 6.21. The first-order valence-electron chi connectivity index (χ1n) is 6.74. The van der Waals surface area contributed by atoms with Crippen molar-refractivity contribution < 1.29 is 27.1 Å². The van der Waals surface area contributed by atoms with Crippen molar-refractivity contribution in [3.05, 3.63) is 35.1 Å². The van der Waals surface area contributed by atoms with Crippen molar-refractivity contribution >= 4 is 5.91 Å². The van der Waals surface area contributed by atoms with Gasteiger partial charge in [0.2, 0.25) is 0 Å². The summed E-state index contributed by atoms with van der Waals surface area (Å²) in [7, 11) is 0. The maximum atomic E-state index is 14.0. The zero-order valence-corrected chi connectivity index (χ0v) is 11.9. The van der Waals surface area contributed by atoms with Gasteiger partial charge in [-0.25, -0.2) is 4.39 Å². The summed E-state index contributed by atoms with van der Waals surface area (Å²) in [6.07, 6.45) is -5.27. The number of alkyl halides is 3. The molecule has 2 rings (SSSR count). The summed E-state index contributed by atoms with van der Waals surface area (Å²) in [6, 6.07) is 2.32. The lowest BCUT2D eigenvalue weighted by atomic mass is 10.1. The van der Waals surface area contributed by atoms with Crippen LogP contribution in [0.25, 0.3) is 0 Å². The van der Waals surface area contributed by atoms with E-state index in [1.807, 2.05) is 0 Å². The lowest BCUT2D eigenvalue weighted by Gasteiger charge is -2.34. The Morgan fingerprint density at radius 2 is 2.14 bits per heavy atom. The summed E-state index contributed by atoms with van der Waals surface area (Å²) in [6.45, 7) is 2.20. The number of carbonyl (C=O) groups excluding carboxylic acids is 1. The van der Waals surface area contributed by atoms with Gasteiger partial charge in [0.25, 0.3) is 5.91 Å². The number of nitrogens with zero attached hydrogens (tertiary/aromatic N) is 1. The van der Waals surface area contributed by atoms with E-state index in [4.69, 9.17) is 10.5 Å². The molecule has 0 saturated carbocycles. The third-order valence-corrected chi connectivity index (χ3v) is 3.50. The Bertz CT molecular complexity index is 560. The Labute approximate surface area is 124 Å². The fourth-order valence-electron chi connectivity index (χ4n) is 2.26. The lowest BCUT2D eigenvalue weighted by Crippen LogP contribution is -2.51. The molecule has 0 aliphatic carbocycles. The van der Waals surface area contributed by atoms with Crippen LogP contribution in [0.1, 0.15) is 22.8 Å². The molecule has 2 atom stereocenters. The molecule has 22 heavy (non-hydrogen) atoms. The molecule has 0 radical (unpaired) electrons. The number of carbonyl (C=O) groups is 1. The fourth-order valence-corrected chi connectivity index (χ4v) is 2.26. The zero-order valence-electron chi connectivity index (χ0n) is 11.9. The minimum atomic E-state index is -4.85. The number of amides is 1. The van der Waals surface area contributed by atoms with E-state index >= 15 is 0 Å². The molecule has 122 valence electrons. The van der Waals surface area contributed by atoms with Gasteiger partial charge in [0, 0.05) is 19.1 Å². The van der Waals surface area contributed by atoms with Crippen molar-refractivity contribution in [3.8, 4) is 0 Å². The number of benzene rings is 1. The topological polar surface area (TPSA) is 55.6 Å². The average molecular weight is 320 g/mol. The van der Waals surface area contributed by atoms with Gasteiger partial charge in [-0.2, -0.15) is 13.2 Å². The maximum Gasteiger partial charge on any atom is 0.419 e. The van der Waals surface area contributed by atoms with Gasteiger partial charge in [0.05, 0.1) is 23.8 Å². The van der Waals surface area contributed by atoms with Gasteiger partial charge < -0.3 is 15.4 Å². The number of hydrogen-bond acceptors (Lipinski definition) is 3. The standard InChI is InChI=1S/C14H16F4N2O2/c1-8(19)11-7-20(5-6-22-11)13(21)9-3-2-4-10(12(9)15)14(16,17)18/h2-4,8,11H,5-7,19H2,1H3/t8-,11-/m1/s1. The van der Waals surface area contributed by atoms with E-state index in [9.17, 15) is 22.4 Å². The van der Waals surface area contributed by atoms with E-state index in [1.165, 1.54) is 4.90 Å². The molecule has 8 heteroatoms. The van der Waals surface area contributed by atoms with Crippen molar-refractivity contribution in [2.24, 2.45) is 5.73 Å². The summed E-state index contributed by atoms with van der Waals surface area (Å²) in [4.78, 5) is 13.6. The van der Waals surface area contributed by atoms with E-state index in [2.05, 4.69) is 0 Å². The number of ether oxygens (including phenoxy) is 1. The first-order valence-corrected chi connectivity index (χ1v) is 6.74. The largest absolute Gasteiger partial charge is 0.419 e. The molecular formula is C14H16F4N2O2. The van der Waals surface area contributed by atoms with E-state index in [1.54, 1.807) is 6.92 Å². The summed E-state index contributed by atoms with van der Waals surface area (Å²) >= 11 is 0. The van der Waals surface area contributed by atoms with Gasteiger partial charge in [0.1, 0.15) is 5.82 Å². The third-order valence-electron chi connectivity index (χ3n) is 3.50. The van der Waals surface area contributed by atoms with Gasteiger partial charge in [0.15, 0.2) is 0 Å². The predicted octanol–water partition coefficient (Wildman–Crippen LogP) is 2.03. The van der Waals surface area contributed by atoms with E-state index in [-0.39, 0.29) is 25.7 Å². The van der Waals surface area contributed by atoms with Crippen molar-refractivity contribution in [1.29, 1.82) is 0 Å². The molecule has 2 N–H and O–H groups in total. The lowest BCUT2D eigenvalue weighted by molar-refractivity contribution is -0.140. The number of morpholine rings is 1. The minimum Gasteiger partial charge on any atom is -0.373 e. The predicted molar refractivity (Wildman–Crippen MR) is 70.7 cm³/mol. The van der Waals surface area contributed by atoms with Crippen molar-refractivity contribution in [2.75, 3.05) is 19.7 Å². The SMILES string of the molecule is C[C@@H](N)[C@H]1CN(C(=O)c2cccc(C(F)(F)F)c2F)CCO1. The number of hydrogen-bond donors (Lipinski definition) is 1. The second-order valence-electron chi connectivity index (χ2n) is 5.18. The van der Waals surface area contributed by atoms with Gasteiger partial charge in [-0.05, 0) is 19.1 Å². The van der Waals surface area contributed by atoms with Crippen LogP contribution in [0.15, 0.2) is 18.2 Å². The fraction of sp³-hybridized carbons (Fsp3) is 0.500. The summed E-state index contributed by atoms with van der Waals surface area (Å²) in [5.74, 6) is -2.35. The van der Waals surface area contributed by atoms with Crippen molar-refractivity contribution in [3.63, 3.8) is 0 Å². The van der Waals surface area contributed by atoms with Crippen LogP contribution in [0, 0.1) is 5.82 Å². The van der Waals surface area contributed by atoms with Crippen LogP contribution in [0.5, 0.6) is 0 Å². The molecule has 0 bridgehead atoms. The highest BCUT2D eigenvalue weighted by Crippen LogP contribution is 2.32. The Morgan fingerprint density at radius 3 is 2.73 bits per heavy atom. The molecule has 1 amide bonds. The third kappa shape index (κ3) is 3.38. The zero-order chi connectivity index (χ0) is 16.5. The molecule has 1 aliphatic rings. The summed E-state index contributed by atoms with van der Waals surface area (Å²) in [5.41, 5.74) is 3.65. The first kappa shape index (κ1) is 16.7. The van der Waals surface area contributed by atoms with Crippen LogP contribution in [-0.4, -0.2) is 42.6 Å². The quantitative estimate of drug-likeness (QED) is 0.849. The monoisotopic (exact) mass is 320 g/mol. The Hall–Kier alpha value is -1.67. The van der Waals surface area contributed by atoms with Crippen LogP contribution in [0.3, 0.4) is 0 Å². The molecule has 1 aromatic carbocycles. The summed E-state index contributed by atoms with van der Waals surface area (Å²) in [5, 5.41) is 0. The first-order chi connectivity index (χ1) is 10.2. The van der Waals surface area contributed by atoms with Crippen LogP contribution >= 0.6 is 0 Å². The van der Waals surface area contributed by atoms with Gasteiger partial charge in [-0.1, -0.05) is 6.07 Å². The van der Waals surface area contributed by atoms with Crippen LogP contribution in [0.2, 0.25) is 0 Å². The second-order valence-corrected chi connectivity index (χ2v) is 5.18. The van der Waals surface area contributed by atoms with Crippen LogP contribution in [-0.2, 0) is 10.9 Å². The summed E-state index contributed by atoms with van der Waals surface area (Å²) < 4.78 is 57.5. The maximum absolute atomic E-state index is 14.0. The van der Waals surface area contributed by atoms with Crippen molar-refractivity contribution in [2.45, 2.75) is 25.2 Å². The molecule has 1 aliphatic heterocycles. The van der Waals surface area contributed by atoms with Crippen LogP contribution in [0.4, 0.5) is 17.6 Å². The van der Waals surface area contributed by atoms with Gasteiger partial charge >= 0.3 is 6.18 Å². The molecular weight excluding hydrogens is 304 g/mol. The van der Waals surface area contributed by atoms with Crippen molar-refractivity contribution in [1.82, 2.24) is 4.90 Å². The highest BCUT2D eigenvalue weighted by molar-refractivity contribution is 5.94. The highest BCUT2D eigenvalue weighted by atomic mass is 19.4. The average Bonchev–Trinajstić information content (AvgIpc) is 2.45. The Morgan fingerprint density at radius 1 is 1.45 bits per heavy atom.